The zero-order valence-corrected chi connectivity index (χ0v) is 10.2. The van der Waals surface area contributed by atoms with Crippen molar-refractivity contribution in [1.29, 1.82) is 0 Å². The number of hydrogen-bond donors (Lipinski definition) is 1. The van der Waals surface area contributed by atoms with Gasteiger partial charge in [-0.15, -0.1) is 0 Å². The topological polar surface area (TPSA) is 29.1 Å². The van der Waals surface area contributed by atoms with Gasteiger partial charge in [0, 0.05) is 16.1 Å². The minimum Gasteiger partial charge on any atom is -0.326 e. The summed E-state index contributed by atoms with van der Waals surface area (Å²) in [4.78, 5) is 11.4. The fourth-order valence-electron chi connectivity index (χ4n) is 1.01. The molecular formula is C11H14BrNO. The van der Waals surface area contributed by atoms with Crippen molar-refractivity contribution in [3.05, 3.63) is 28.2 Å². The van der Waals surface area contributed by atoms with Crippen LogP contribution in [-0.4, -0.2) is 5.91 Å². The number of amides is 1. The number of halogens is 1. The van der Waals surface area contributed by atoms with Crippen molar-refractivity contribution in [2.24, 2.45) is 5.92 Å². The maximum absolute atomic E-state index is 11.4. The van der Waals surface area contributed by atoms with Crippen molar-refractivity contribution in [2.45, 2.75) is 20.8 Å². The molecule has 3 heteroatoms. The SMILES string of the molecule is Cc1cc(NC(=O)C(C)C)ccc1Br. The average molecular weight is 256 g/mol. The lowest BCUT2D eigenvalue weighted by atomic mass is 10.2. The van der Waals surface area contributed by atoms with Gasteiger partial charge in [0.2, 0.25) is 5.91 Å². The van der Waals surface area contributed by atoms with Crippen LogP contribution in [0.4, 0.5) is 5.69 Å². The highest BCUT2D eigenvalue weighted by atomic mass is 79.9. The maximum atomic E-state index is 11.4. The highest BCUT2D eigenvalue weighted by Gasteiger charge is 2.07. The van der Waals surface area contributed by atoms with E-state index in [1.807, 2.05) is 39.0 Å². The summed E-state index contributed by atoms with van der Waals surface area (Å²) in [6.45, 7) is 5.75. The lowest BCUT2D eigenvalue weighted by Gasteiger charge is -2.08. The predicted molar refractivity (Wildman–Crippen MR) is 62.3 cm³/mol. The Morgan fingerprint density at radius 1 is 1.43 bits per heavy atom. The van der Waals surface area contributed by atoms with Crippen molar-refractivity contribution in [2.75, 3.05) is 5.32 Å². The molecule has 0 aliphatic rings. The van der Waals surface area contributed by atoms with Crippen LogP contribution in [0.3, 0.4) is 0 Å². The first-order valence-corrected chi connectivity index (χ1v) is 5.37. The van der Waals surface area contributed by atoms with Gasteiger partial charge in [-0.05, 0) is 30.7 Å². The van der Waals surface area contributed by atoms with E-state index in [9.17, 15) is 4.79 Å². The van der Waals surface area contributed by atoms with E-state index < -0.39 is 0 Å². The molecule has 0 bridgehead atoms. The Morgan fingerprint density at radius 2 is 2.07 bits per heavy atom. The third-order valence-corrected chi connectivity index (χ3v) is 2.84. The molecule has 0 saturated heterocycles. The molecule has 0 atom stereocenters. The molecule has 0 heterocycles. The van der Waals surface area contributed by atoms with Gasteiger partial charge in [-0.25, -0.2) is 0 Å². The monoisotopic (exact) mass is 255 g/mol. The highest BCUT2D eigenvalue weighted by Crippen LogP contribution is 2.20. The standard InChI is InChI=1S/C11H14BrNO/c1-7(2)11(14)13-9-4-5-10(12)8(3)6-9/h4-7H,1-3H3,(H,13,14). The van der Waals surface area contributed by atoms with Crippen LogP contribution < -0.4 is 5.32 Å². The van der Waals surface area contributed by atoms with Gasteiger partial charge in [-0.3, -0.25) is 4.79 Å². The van der Waals surface area contributed by atoms with Crippen molar-refractivity contribution in [3.63, 3.8) is 0 Å². The van der Waals surface area contributed by atoms with Crippen LogP contribution >= 0.6 is 15.9 Å². The van der Waals surface area contributed by atoms with Crippen LogP contribution in [-0.2, 0) is 4.79 Å². The smallest absolute Gasteiger partial charge is 0.226 e. The van der Waals surface area contributed by atoms with E-state index in [0.29, 0.717) is 0 Å². The number of nitrogens with one attached hydrogen (secondary N) is 1. The first-order valence-electron chi connectivity index (χ1n) is 4.57. The second kappa shape index (κ2) is 4.60. The van der Waals surface area contributed by atoms with Gasteiger partial charge in [-0.1, -0.05) is 29.8 Å². The van der Waals surface area contributed by atoms with Crippen LogP contribution in [0.2, 0.25) is 0 Å². The Morgan fingerprint density at radius 3 is 2.57 bits per heavy atom. The summed E-state index contributed by atoms with van der Waals surface area (Å²) in [6, 6.07) is 5.77. The van der Waals surface area contributed by atoms with Gasteiger partial charge in [0.1, 0.15) is 0 Å². The minimum atomic E-state index is 0.0129. The fourth-order valence-corrected chi connectivity index (χ4v) is 1.26. The van der Waals surface area contributed by atoms with Crippen molar-refractivity contribution in [1.82, 2.24) is 0 Å². The number of hydrogen-bond acceptors (Lipinski definition) is 1. The number of anilines is 1. The van der Waals surface area contributed by atoms with Gasteiger partial charge in [0.25, 0.3) is 0 Å². The predicted octanol–water partition coefficient (Wildman–Crippen LogP) is 3.35. The molecular weight excluding hydrogens is 242 g/mol. The zero-order valence-electron chi connectivity index (χ0n) is 8.60. The molecule has 14 heavy (non-hydrogen) atoms. The molecule has 76 valence electrons. The summed E-state index contributed by atoms with van der Waals surface area (Å²) in [6.07, 6.45) is 0. The van der Waals surface area contributed by atoms with E-state index in [0.717, 1.165) is 15.7 Å². The Bertz CT molecular complexity index is 347. The molecule has 0 aliphatic carbocycles. The molecule has 0 spiro atoms. The summed E-state index contributed by atoms with van der Waals surface area (Å²) in [7, 11) is 0. The number of aryl methyl sites for hydroxylation is 1. The van der Waals surface area contributed by atoms with Crippen LogP contribution in [0.15, 0.2) is 22.7 Å². The third kappa shape index (κ3) is 2.84. The second-order valence-electron chi connectivity index (χ2n) is 3.61. The minimum absolute atomic E-state index is 0.0129. The number of rotatable bonds is 2. The second-order valence-corrected chi connectivity index (χ2v) is 4.46. The number of carbonyl (C=O) groups is 1. The Kier molecular flexibility index (Phi) is 3.69. The summed E-state index contributed by atoms with van der Waals surface area (Å²) in [5.41, 5.74) is 1.97. The quantitative estimate of drug-likeness (QED) is 0.863. The summed E-state index contributed by atoms with van der Waals surface area (Å²) >= 11 is 3.41. The largest absolute Gasteiger partial charge is 0.326 e. The average Bonchev–Trinajstić information content (AvgIpc) is 2.11. The van der Waals surface area contributed by atoms with Crippen molar-refractivity contribution >= 4 is 27.5 Å². The molecule has 0 fully saturated rings. The molecule has 0 radical (unpaired) electrons. The number of benzene rings is 1. The third-order valence-electron chi connectivity index (χ3n) is 1.95. The molecule has 1 aromatic rings. The normalized spacial score (nSPS) is 10.4. The van der Waals surface area contributed by atoms with Gasteiger partial charge in [0.15, 0.2) is 0 Å². The fraction of sp³-hybridized carbons (Fsp3) is 0.364. The van der Waals surface area contributed by atoms with Crippen LogP contribution in [0.1, 0.15) is 19.4 Å². The zero-order chi connectivity index (χ0) is 10.7. The first-order chi connectivity index (χ1) is 6.50. The lowest BCUT2D eigenvalue weighted by Crippen LogP contribution is -2.17. The Balaban J connectivity index is 2.78. The molecule has 2 nitrogen and oxygen atoms in total. The molecule has 0 saturated carbocycles. The van der Waals surface area contributed by atoms with Crippen LogP contribution in [0, 0.1) is 12.8 Å². The van der Waals surface area contributed by atoms with E-state index in [1.54, 1.807) is 0 Å². The van der Waals surface area contributed by atoms with E-state index in [4.69, 9.17) is 0 Å². The molecule has 1 aromatic carbocycles. The molecule has 0 unspecified atom stereocenters. The van der Waals surface area contributed by atoms with Gasteiger partial charge >= 0.3 is 0 Å². The van der Waals surface area contributed by atoms with Gasteiger partial charge in [-0.2, -0.15) is 0 Å². The summed E-state index contributed by atoms with van der Waals surface area (Å²) in [5, 5.41) is 2.85. The molecule has 1 N–H and O–H groups in total. The van der Waals surface area contributed by atoms with Crippen LogP contribution in [0.5, 0.6) is 0 Å². The Labute approximate surface area is 92.8 Å². The lowest BCUT2D eigenvalue weighted by molar-refractivity contribution is -0.118. The van der Waals surface area contributed by atoms with E-state index in [-0.39, 0.29) is 11.8 Å². The molecule has 0 aliphatic heterocycles. The van der Waals surface area contributed by atoms with E-state index in [1.165, 1.54) is 0 Å². The van der Waals surface area contributed by atoms with Gasteiger partial charge in [0.05, 0.1) is 0 Å². The van der Waals surface area contributed by atoms with Gasteiger partial charge < -0.3 is 5.32 Å². The summed E-state index contributed by atoms with van der Waals surface area (Å²) in [5.74, 6) is 0.0608. The number of carbonyl (C=O) groups excluding carboxylic acids is 1. The van der Waals surface area contributed by atoms with E-state index in [2.05, 4.69) is 21.2 Å². The highest BCUT2D eigenvalue weighted by molar-refractivity contribution is 9.10. The maximum Gasteiger partial charge on any atom is 0.226 e. The summed E-state index contributed by atoms with van der Waals surface area (Å²) < 4.78 is 1.06. The van der Waals surface area contributed by atoms with E-state index >= 15 is 0 Å². The van der Waals surface area contributed by atoms with Crippen molar-refractivity contribution < 1.29 is 4.79 Å². The Hall–Kier alpha value is -0.830. The van der Waals surface area contributed by atoms with Crippen LogP contribution in [0.25, 0.3) is 0 Å². The molecule has 1 amide bonds. The van der Waals surface area contributed by atoms with Crippen molar-refractivity contribution in [3.8, 4) is 0 Å². The first kappa shape index (κ1) is 11.2. The molecule has 0 aromatic heterocycles. The molecule has 1 rings (SSSR count).